The first-order chi connectivity index (χ1) is 7.79. The van der Waals surface area contributed by atoms with Gasteiger partial charge >= 0.3 is 6.09 Å². The molecule has 4 heteroatoms. The van der Waals surface area contributed by atoms with Crippen LogP contribution in [0.2, 0.25) is 0 Å². The molecular weight excluding hydrogens is 226 g/mol. The Kier molecular flexibility index (Phi) is 3.67. The molecule has 0 saturated carbocycles. The summed E-state index contributed by atoms with van der Waals surface area (Å²) in [6, 6.07) is 9.90. The smallest absolute Gasteiger partial charge is 0.410 e. The zero-order chi connectivity index (χ0) is 11.4. The van der Waals surface area contributed by atoms with Crippen LogP contribution < -0.4 is 0 Å². The van der Waals surface area contributed by atoms with Crippen molar-refractivity contribution in [3.05, 3.63) is 35.9 Å². The molecule has 1 amide bonds. The van der Waals surface area contributed by atoms with Gasteiger partial charge in [0.05, 0.1) is 6.54 Å². The van der Waals surface area contributed by atoms with E-state index in [1.807, 2.05) is 30.3 Å². The minimum Gasteiger partial charge on any atom is -0.444 e. The fourth-order valence-electron chi connectivity index (χ4n) is 1.78. The van der Waals surface area contributed by atoms with Crippen molar-refractivity contribution in [3.63, 3.8) is 0 Å². The molecule has 1 heterocycles. The zero-order valence-electron chi connectivity index (χ0n) is 8.93. The summed E-state index contributed by atoms with van der Waals surface area (Å²) < 4.78 is 5.19. The Balaban J connectivity index is 1.94. The van der Waals surface area contributed by atoms with Gasteiger partial charge in [-0.15, -0.1) is 11.6 Å². The van der Waals surface area contributed by atoms with Gasteiger partial charge in [0.25, 0.3) is 0 Å². The largest absolute Gasteiger partial charge is 0.444 e. The van der Waals surface area contributed by atoms with Gasteiger partial charge < -0.3 is 9.64 Å². The Bertz CT molecular complexity index is 355. The lowest BCUT2D eigenvalue weighted by Crippen LogP contribution is -2.24. The number of carbonyl (C=O) groups excluding carboxylic acids is 1. The molecule has 0 bridgehead atoms. The summed E-state index contributed by atoms with van der Waals surface area (Å²) in [5.74, 6) is 0.525. The van der Waals surface area contributed by atoms with E-state index >= 15 is 0 Å². The number of alkyl halides is 1. The monoisotopic (exact) mass is 239 g/mol. The maximum Gasteiger partial charge on any atom is 0.410 e. The highest BCUT2D eigenvalue weighted by Crippen LogP contribution is 2.17. The summed E-state index contributed by atoms with van der Waals surface area (Å²) in [4.78, 5) is 13.2. The van der Waals surface area contributed by atoms with Crippen molar-refractivity contribution in [1.82, 2.24) is 4.90 Å². The molecule has 1 unspecified atom stereocenters. The molecule has 1 aliphatic heterocycles. The average Bonchev–Trinajstić information content (AvgIpc) is 2.61. The van der Waals surface area contributed by atoms with E-state index in [1.54, 1.807) is 4.90 Å². The highest BCUT2D eigenvalue weighted by molar-refractivity contribution is 6.17. The maximum atomic E-state index is 11.5. The highest BCUT2D eigenvalue weighted by atomic mass is 35.5. The van der Waals surface area contributed by atoms with E-state index in [4.69, 9.17) is 16.3 Å². The van der Waals surface area contributed by atoms with E-state index in [-0.39, 0.29) is 12.2 Å². The molecule has 0 radical (unpaired) electrons. The molecule has 1 aliphatic rings. The molecule has 0 N–H and O–H groups in total. The molecular formula is C12H14ClNO2. The number of benzene rings is 1. The van der Waals surface area contributed by atoms with Crippen LogP contribution in [0.5, 0.6) is 0 Å². The standard InChI is InChI=1S/C12H14ClNO2/c13-7-6-11-9-14(12(15)16-11)8-10-4-2-1-3-5-10/h1-5,11H,6-9H2. The van der Waals surface area contributed by atoms with E-state index < -0.39 is 0 Å². The van der Waals surface area contributed by atoms with Crippen LogP contribution in [0.3, 0.4) is 0 Å². The first kappa shape index (κ1) is 11.3. The Morgan fingerprint density at radius 3 is 2.81 bits per heavy atom. The summed E-state index contributed by atoms with van der Waals surface area (Å²) in [5.41, 5.74) is 1.12. The third-order valence-corrected chi connectivity index (χ3v) is 2.82. The minimum absolute atomic E-state index is 0.0475. The van der Waals surface area contributed by atoms with Crippen molar-refractivity contribution in [1.29, 1.82) is 0 Å². The summed E-state index contributed by atoms with van der Waals surface area (Å²) in [6.45, 7) is 1.25. The molecule has 0 aliphatic carbocycles. The number of hydrogen-bond acceptors (Lipinski definition) is 2. The van der Waals surface area contributed by atoms with Gasteiger partial charge in [-0.05, 0) is 12.0 Å². The first-order valence-electron chi connectivity index (χ1n) is 5.35. The maximum absolute atomic E-state index is 11.5. The second-order valence-electron chi connectivity index (χ2n) is 3.85. The van der Waals surface area contributed by atoms with E-state index in [2.05, 4.69) is 0 Å². The molecule has 16 heavy (non-hydrogen) atoms. The van der Waals surface area contributed by atoms with Gasteiger partial charge in [-0.1, -0.05) is 30.3 Å². The molecule has 1 atom stereocenters. The molecule has 0 spiro atoms. The average molecular weight is 240 g/mol. The van der Waals surface area contributed by atoms with Crippen LogP contribution >= 0.6 is 11.6 Å². The number of halogens is 1. The lowest BCUT2D eigenvalue weighted by Gasteiger charge is -2.12. The van der Waals surface area contributed by atoms with E-state index in [9.17, 15) is 4.79 Å². The van der Waals surface area contributed by atoms with E-state index in [0.29, 0.717) is 19.0 Å². The number of amides is 1. The van der Waals surface area contributed by atoms with Crippen molar-refractivity contribution in [3.8, 4) is 0 Å². The van der Waals surface area contributed by atoms with Gasteiger partial charge in [0.15, 0.2) is 0 Å². The van der Waals surface area contributed by atoms with Crippen LogP contribution in [0.25, 0.3) is 0 Å². The van der Waals surface area contributed by atoms with Crippen LogP contribution in [0.15, 0.2) is 30.3 Å². The Hall–Kier alpha value is -1.22. The summed E-state index contributed by atoms with van der Waals surface area (Å²) in [6.07, 6.45) is 0.436. The topological polar surface area (TPSA) is 29.5 Å². The third-order valence-electron chi connectivity index (χ3n) is 2.60. The van der Waals surface area contributed by atoms with E-state index in [0.717, 1.165) is 12.0 Å². The van der Waals surface area contributed by atoms with Crippen LogP contribution in [-0.2, 0) is 11.3 Å². The summed E-state index contributed by atoms with van der Waals surface area (Å²) in [5, 5.41) is 0. The fourth-order valence-corrected chi connectivity index (χ4v) is 2.02. The molecule has 86 valence electrons. The normalized spacial score (nSPS) is 19.9. The molecule has 0 aromatic heterocycles. The molecule has 1 saturated heterocycles. The number of cyclic esters (lactones) is 1. The van der Waals surface area contributed by atoms with Gasteiger partial charge in [0.2, 0.25) is 0 Å². The van der Waals surface area contributed by atoms with Crippen molar-refractivity contribution < 1.29 is 9.53 Å². The SMILES string of the molecule is O=C1OC(CCCl)CN1Cc1ccccc1. The Morgan fingerprint density at radius 1 is 1.38 bits per heavy atom. The van der Waals surface area contributed by atoms with Gasteiger partial charge in [-0.2, -0.15) is 0 Å². The molecule has 2 rings (SSSR count). The number of hydrogen-bond donors (Lipinski definition) is 0. The third kappa shape index (κ3) is 2.67. The second-order valence-corrected chi connectivity index (χ2v) is 4.23. The lowest BCUT2D eigenvalue weighted by molar-refractivity contribution is 0.130. The van der Waals surface area contributed by atoms with Crippen molar-refractivity contribution in [2.75, 3.05) is 12.4 Å². The Labute approximate surface area is 100.0 Å². The number of ether oxygens (including phenoxy) is 1. The van der Waals surface area contributed by atoms with Crippen LogP contribution in [0.4, 0.5) is 4.79 Å². The lowest BCUT2D eigenvalue weighted by atomic mass is 10.2. The van der Waals surface area contributed by atoms with Crippen molar-refractivity contribution in [2.45, 2.75) is 19.1 Å². The van der Waals surface area contributed by atoms with E-state index in [1.165, 1.54) is 0 Å². The zero-order valence-corrected chi connectivity index (χ0v) is 9.69. The molecule has 3 nitrogen and oxygen atoms in total. The summed E-state index contributed by atoms with van der Waals surface area (Å²) in [7, 11) is 0. The molecule has 1 aromatic rings. The first-order valence-corrected chi connectivity index (χ1v) is 5.88. The number of rotatable bonds is 4. The van der Waals surface area contributed by atoms with Crippen LogP contribution in [0, 0.1) is 0 Å². The second kappa shape index (κ2) is 5.21. The molecule has 1 aromatic carbocycles. The Morgan fingerprint density at radius 2 is 2.12 bits per heavy atom. The van der Waals surface area contributed by atoms with Crippen molar-refractivity contribution >= 4 is 17.7 Å². The van der Waals surface area contributed by atoms with Gasteiger partial charge in [-0.25, -0.2) is 4.79 Å². The van der Waals surface area contributed by atoms with Crippen LogP contribution in [-0.4, -0.2) is 29.5 Å². The predicted molar refractivity (Wildman–Crippen MR) is 62.5 cm³/mol. The van der Waals surface area contributed by atoms with Gasteiger partial charge in [-0.3, -0.25) is 0 Å². The van der Waals surface area contributed by atoms with Crippen molar-refractivity contribution in [2.24, 2.45) is 0 Å². The minimum atomic E-state index is -0.237. The quantitative estimate of drug-likeness (QED) is 0.756. The van der Waals surface area contributed by atoms with Crippen LogP contribution in [0.1, 0.15) is 12.0 Å². The van der Waals surface area contributed by atoms with Gasteiger partial charge in [0, 0.05) is 12.4 Å². The number of carbonyl (C=O) groups is 1. The highest BCUT2D eigenvalue weighted by Gasteiger charge is 2.30. The summed E-state index contributed by atoms with van der Waals surface area (Å²) >= 11 is 5.63. The molecule has 1 fully saturated rings. The predicted octanol–water partition coefficient (Wildman–Crippen LogP) is 2.64. The number of nitrogens with zero attached hydrogens (tertiary/aromatic N) is 1. The fraction of sp³-hybridized carbons (Fsp3) is 0.417. The van der Waals surface area contributed by atoms with Gasteiger partial charge in [0.1, 0.15) is 6.10 Å².